The molecule has 1 heterocycles. The monoisotopic (exact) mass is 588 g/mol. The first kappa shape index (κ1) is 29.6. The zero-order chi connectivity index (χ0) is 28.8. The maximum absolute atomic E-state index is 14.3. The summed E-state index contributed by atoms with van der Waals surface area (Å²) in [5, 5.41) is 0.162. The Labute approximate surface area is 242 Å². The SMILES string of the molecule is COC(=O)c1cncc(CN(C(=O)C2=C(C(=O)OC3CCCC3)CCCC2)c2cc(C(=O)OC)c(Cl)cc2Cl)c1. The van der Waals surface area contributed by atoms with Crippen molar-refractivity contribution in [3.8, 4) is 0 Å². The molecule has 1 fully saturated rings. The van der Waals surface area contributed by atoms with Gasteiger partial charge in [0.05, 0.1) is 47.6 Å². The number of hydrogen-bond donors (Lipinski definition) is 0. The molecular formula is C29H30Cl2N2O7. The molecule has 0 unspecified atom stereocenters. The number of carbonyl (C=O) groups excluding carboxylic acids is 4. The van der Waals surface area contributed by atoms with Crippen LogP contribution in [0.3, 0.4) is 0 Å². The minimum atomic E-state index is -0.706. The van der Waals surface area contributed by atoms with Crippen molar-refractivity contribution in [2.75, 3.05) is 19.1 Å². The first-order valence-corrected chi connectivity index (χ1v) is 13.8. The van der Waals surface area contributed by atoms with E-state index in [4.69, 9.17) is 37.4 Å². The van der Waals surface area contributed by atoms with Gasteiger partial charge in [-0.1, -0.05) is 23.2 Å². The zero-order valence-electron chi connectivity index (χ0n) is 22.3. The van der Waals surface area contributed by atoms with Gasteiger partial charge in [-0.25, -0.2) is 14.4 Å². The predicted molar refractivity (Wildman–Crippen MR) is 148 cm³/mol. The number of methoxy groups -OCH3 is 2. The predicted octanol–water partition coefficient (Wildman–Crippen LogP) is 5.85. The number of amides is 1. The number of ether oxygens (including phenoxy) is 3. The van der Waals surface area contributed by atoms with E-state index in [1.54, 1.807) is 6.07 Å². The van der Waals surface area contributed by atoms with E-state index in [-0.39, 0.29) is 39.5 Å². The zero-order valence-corrected chi connectivity index (χ0v) is 23.8. The van der Waals surface area contributed by atoms with Gasteiger partial charge in [0, 0.05) is 23.5 Å². The largest absolute Gasteiger partial charge is 0.465 e. The second-order valence-corrected chi connectivity index (χ2v) is 10.5. The van der Waals surface area contributed by atoms with Gasteiger partial charge in [0.15, 0.2) is 0 Å². The van der Waals surface area contributed by atoms with Gasteiger partial charge in [-0.05, 0) is 75.1 Å². The molecule has 0 saturated heterocycles. The Kier molecular flexibility index (Phi) is 9.81. The summed E-state index contributed by atoms with van der Waals surface area (Å²) in [6, 6.07) is 4.29. The van der Waals surface area contributed by atoms with Crippen LogP contribution in [0.5, 0.6) is 0 Å². The number of aromatic nitrogens is 1. The summed E-state index contributed by atoms with van der Waals surface area (Å²) in [5.74, 6) is -2.23. The molecule has 212 valence electrons. The Morgan fingerprint density at radius 3 is 2.20 bits per heavy atom. The Hall–Kier alpha value is -3.43. The second-order valence-electron chi connectivity index (χ2n) is 9.72. The molecule has 0 N–H and O–H groups in total. The highest BCUT2D eigenvalue weighted by molar-refractivity contribution is 6.38. The van der Waals surface area contributed by atoms with Crippen molar-refractivity contribution >= 4 is 52.7 Å². The topological polar surface area (TPSA) is 112 Å². The second kappa shape index (κ2) is 13.3. The molecule has 0 spiro atoms. The summed E-state index contributed by atoms with van der Waals surface area (Å²) in [6.07, 6.45) is 8.62. The number of halogens is 2. The molecule has 40 heavy (non-hydrogen) atoms. The van der Waals surface area contributed by atoms with Crippen LogP contribution in [0.2, 0.25) is 10.0 Å². The minimum absolute atomic E-state index is 0.0151. The lowest BCUT2D eigenvalue weighted by molar-refractivity contribution is -0.144. The van der Waals surface area contributed by atoms with Crippen molar-refractivity contribution in [1.82, 2.24) is 4.98 Å². The van der Waals surface area contributed by atoms with E-state index in [9.17, 15) is 19.2 Å². The maximum atomic E-state index is 14.3. The molecule has 0 bridgehead atoms. The number of anilines is 1. The average Bonchev–Trinajstić information content (AvgIpc) is 3.48. The fourth-order valence-electron chi connectivity index (χ4n) is 5.02. The van der Waals surface area contributed by atoms with E-state index < -0.39 is 23.8 Å². The van der Waals surface area contributed by atoms with Crippen molar-refractivity contribution in [3.63, 3.8) is 0 Å². The third-order valence-corrected chi connectivity index (χ3v) is 7.70. The number of nitrogens with zero attached hydrogens (tertiary/aromatic N) is 2. The lowest BCUT2D eigenvalue weighted by atomic mass is 9.90. The Bertz CT molecular complexity index is 1350. The number of carbonyl (C=O) groups is 4. The van der Waals surface area contributed by atoms with Gasteiger partial charge >= 0.3 is 17.9 Å². The van der Waals surface area contributed by atoms with Crippen LogP contribution in [0.25, 0.3) is 0 Å². The van der Waals surface area contributed by atoms with Crippen LogP contribution in [0.1, 0.15) is 77.6 Å². The van der Waals surface area contributed by atoms with Crippen LogP contribution in [0, 0.1) is 0 Å². The number of hydrogen-bond acceptors (Lipinski definition) is 8. The average molecular weight is 589 g/mol. The van der Waals surface area contributed by atoms with Gasteiger partial charge in [0.2, 0.25) is 0 Å². The molecule has 9 nitrogen and oxygen atoms in total. The standard InChI is InChI=1S/C29H30Cl2N2O7/c1-38-27(35)18-11-17(14-32-15-18)16-33(25-12-22(28(36)39-2)23(30)13-24(25)31)26(34)20-9-5-6-10-21(20)29(37)40-19-7-3-4-8-19/h11-15,19H,3-10,16H2,1-2H3. The van der Waals surface area contributed by atoms with Crippen LogP contribution in [0.4, 0.5) is 5.69 Å². The molecule has 1 aromatic carbocycles. The van der Waals surface area contributed by atoms with Crippen molar-refractivity contribution in [3.05, 3.63) is 68.5 Å². The molecule has 2 aromatic rings. The summed E-state index contributed by atoms with van der Waals surface area (Å²) >= 11 is 12.8. The van der Waals surface area contributed by atoms with Crippen LogP contribution in [-0.4, -0.2) is 49.1 Å². The Morgan fingerprint density at radius 2 is 1.52 bits per heavy atom. The molecule has 1 saturated carbocycles. The van der Waals surface area contributed by atoms with Gasteiger partial charge in [-0.15, -0.1) is 0 Å². The van der Waals surface area contributed by atoms with Gasteiger partial charge in [0.1, 0.15) is 6.10 Å². The van der Waals surface area contributed by atoms with Gasteiger partial charge < -0.3 is 19.1 Å². The first-order chi connectivity index (χ1) is 19.2. The highest BCUT2D eigenvalue weighted by atomic mass is 35.5. The molecule has 0 atom stereocenters. The molecule has 0 radical (unpaired) electrons. The van der Waals surface area contributed by atoms with Crippen molar-refractivity contribution in [2.45, 2.75) is 64.0 Å². The van der Waals surface area contributed by atoms with E-state index in [2.05, 4.69) is 4.98 Å². The smallest absolute Gasteiger partial charge is 0.339 e. The Balaban J connectivity index is 1.79. The van der Waals surface area contributed by atoms with Crippen molar-refractivity contribution < 1.29 is 33.4 Å². The highest BCUT2D eigenvalue weighted by Crippen LogP contribution is 2.36. The van der Waals surface area contributed by atoms with Crippen LogP contribution in [-0.2, 0) is 30.3 Å². The van der Waals surface area contributed by atoms with Gasteiger partial charge in [-0.3, -0.25) is 9.78 Å². The summed E-state index contributed by atoms with van der Waals surface area (Å²) in [4.78, 5) is 57.5. The number of rotatable bonds is 8. The lowest BCUT2D eigenvalue weighted by Crippen LogP contribution is -2.34. The van der Waals surface area contributed by atoms with E-state index >= 15 is 0 Å². The number of esters is 3. The minimum Gasteiger partial charge on any atom is -0.465 e. The fourth-order valence-corrected chi connectivity index (χ4v) is 5.58. The molecule has 1 aromatic heterocycles. The molecule has 2 aliphatic rings. The summed E-state index contributed by atoms with van der Waals surface area (Å²) < 4.78 is 15.4. The van der Waals surface area contributed by atoms with Crippen LogP contribution >= 0.6 is 23.2 Å². The maximum Gasteiger partial charge on any atom is 0.339 e. The Morgan fingerprint density at radius 1 is 0.850 bits per heavy atom. The van der Waals surface area contributed by atoms with Crippen LogP contribution < -0.4 is 4.90 Å². The normalized spacial score (nSPS) is 15.5. The summed E-state index contributed by atoms with van der Waals surface area (Å²) in [6.45, 7) is -0.0763. The summed E-state index contributed by atoms with van der Waals surface area (Å²) in [7, 11) is 2.48. The van der Waals surface area contributed by atoms with Gasteiger partial charge in [0.25, 0.3) is 5.91 Å². The first-order valence-electron chi connectivity index (χ1n) is 13.1. The third kappa shape index (κ3) is 6.64. The molecule has 4 rings (SSSR count). The van der Waals surface area contributed by atoms with E-state index in [1.807, 2.05) is 0 Å². The van der Waals surface area contributed by atoms with E-state index in [1.165, 1.54) is 43.6 Å². The number of benzene rings is 1. The van der Waals surface area contributed by atoms with Gasteiger partial charge in [-0.2, -0.15) is 0 Å². The van der Waals surface area contributed by atoms with E-state index in [0.29, 0.717) is 29.6 Å². The highest BCUT2D eigenvalue weighted by Gasteiger charge is 2.32. The molecule has 11 heteroatoms. The third-order valence-electron chi connectivity index (χ3n) is 7.08. The van der Waals surface area contributed by atoms with E-state index in [0.717, 1.165) is 38.5 Å². The van der Waals surface area contributed by atoms with Crippen molar-refractivity contribution in [2.24, 2.45) is 0 Å². The quantitative estimate of drug-likeness (QED) is 0.279. The molecule has 1 amide bonds. The fraction of sp³-hybridized carbons (Fsp3) is 0.414. The van der Waals surface area contributed by atoms with Crippen molar-refractivity contribution in [1.29, 1.82) is 0 Å². The number of pyridine rings is 1. The molecule has 2 aliphatic carbocycles. The molecular weight excluding hydrogens is 559 g/mol. The molecule has 0 aliphatic heterocycles. The van der Waals surface area contributed by atoms with Crippen LogP contribution in [0.15, 0.2) is 41.7 Å². The summed E-state index contributed by atoms with van der Waals surface area (Å²) in [5.41, 5.74) is 1.57. The lowest BCUT2D eigenvalue weighted by Gasteiger charge is -2.28.